The van der Waals surface area contributed by atoms with Crippen molar-refractivity contribution in [1.82, 2.24) is 20.9 Å². The van der Waals surface area contributed by atoms with Gasteiger partial charge in [0.2, 0.25) is 5.91 Å². The number of rotatable bonds is 8. The summed E-state index contributed by atoms with van der Waals surface area (Å²) < 4.78 is 0. The lowest BCUT2D eigenvalue weighted by molar-refractivity contribution is -0.132. The van der Waals surface area contributed by atoms with Crippen molar-refractivity contribution in [2.45, 2.75) is 39.3 Å². The van der Waals surface area contributed by atoms with E-state index in [1.165, 1.54) is 11.1 Å². The van der Waals surface area contributed by atoms with Crippen LogP contribution in [0, 0.1) is 0 Å². The average Bonchev–Trinajstić information content (AvgIpc) is 2.80. The normalized spacial score (nSPS) is 12.6. The van der Waals surface area contributed by atoms with Crippen LogP contribution in [0.5, 0.6) is 0 Å². The molecule has 164 valence electrons. The topological polar surface area (TPSA) is 90.5 Å². The molecule has 2 aromatic carbocycles. The molecule has 0 saturated carbocycles. The Balaban J connectivity index is 1.34. The predicted molar refractivity (Wildman–Crippen MR) is 119 cm³/mol. The number of carbonyl (C=O) groups excluding carboxylic acids is 3. The summed E-state index contributed by atoms with van der Waals surface area (Å²) >= 11 is 0. The van der Waals surface area contributed by atoms with Crippen LogP contribution in [-0.4, -0.2) is 42.4 Å². The molecule has 0 fully saturated rings. The average molecular weight is 423 g/mol. The summed E-state index contributed by atoms with van der Waals surface area (Å²) in [6.45, 7) is 4.60. The highest BCUT2D eigenvalue weighted by Gasteiger charge is 2.19. The SMILES string of the molecule is CCNC(=O)c1cccc(CNC(=O)NCCCC(=O)N2CCc3ccccc3C2)c1. The van der Waals surface area contributed by atoms with Crippen LogP contribution < -0.4 is 16.0 Å². The summed E-state index contributed by atoms with van der Waals surface area (Å²) in [4.78, 5) is 38.3. The predicted octanol–water partition coefficient (Wildman–Crippen LogP) is 2.60. The second kappa shape index (κ2) is 11.2. The Labute approximate surface area is 183 Å². The van der Waals surface area contributed by atoms with Gasteiger partial charge in [0.25, 0.3) is 5.91 Å². The molecule has 1 heterocycles. The first-order chi connectivity index (χ1) is 15.1. The molecular weight excluding hydrogens is 392 g/mol. The van der Waals surface area contributed by atoms with Crippen molar-refractivity contribution in [2.75, 3.05) is 19.6 Å². The van der Waals surface area contributed by atoms with E-state index in [0.29, 0.717) is 44.6 Å². The molecule has 31 heavy (non-hydrogen) atoms. The Hall–Kier alpha value is -3.35. The number of hydrogen-bond donors (Lipinski definition) is 3. The smallest absolute Gasteiger partial charge is 0.315 e. The van der Waals surface area contributed by atoms with Crippen LogP contribution in [0.2, 0.25) is 0 Å². The molecule has 2 aromatic rings. The molecule has 7 nitrogen and oxygen atoms in total. The summed E-state index contributed by atoms with van der Waals surface area (Å²) in [6, 6.07) is 15.1. The molecule has 3 N–H and O–H groups in total. The maximum Gasteiger partial charge on any atom is 0.315 e. The van der Waals surface area contributed by atoms with Crippen molar-refractivity contribution < 1.29 is 14.4 Å². The minimum Gasteiger partial charge on any atom is -0.352 e. The van der Waals surface area contributed by atoms with Gasteiger partial charge in [0.05, 0.1) is 0 Å². The number of nitrogens with one attached hydrogen (secondary N) is 3. The summed E-state index contributed by atoms with van der Waals surface area (Å²) in [5.74, 6) is -0.00505. The van der Waals surface area contributed by atoms with Gasteiger partial charge in [0.15, 0.2) is 0 Å². The number of fused-ring (bicyclic) bond motifs is 1. The quantitative estimate of drug-likeness (QED) is 0.571. The first kappa shape index (κ1) is 22.3. The first-order valence-corrected chi connectivity index (χ1v) is 10.8. The summed E-state index contributed by atoms with van der Waals surface area (Å²) in [5, 5.41) is 8.32. The molecule has 1 aliphatic heterocycles. The lowest BCUT2D eigenvalue weighted by Crippen LogP contribution is -2.37. The minimum absolute atomic E-state index is 0.124. The molecule has 1 aliphatic rings. The van der Waals surface area contributed by atoms with E-state index in [-0.39, 0.29) is 17.8 Å². The van der Waals surface area contributed by atoms with Gasteiger partial charge in [-0.25, -0.2) is 4.79 Å². The number of nitrogens with zero attached hydrogens (tertiary/aromatic N) is 1. The molecule has 0 aliphatic carbocycles. The molecule has 0 saturated heterocycles. The Bertz CT molecular complexity index is 929. The van der Waals surface area contributed by atoms with Gasteiger partial charge >= 0.3 is 6.03 Å². The Morgan fingerprint density at radius 3 is 2.58 bits per heavy atom. The summed E-state index contributed by atoms with van der Waals surface area (Å²) in [6.07, 6.45) is 1.90. The first-order valence-electron chi connectivity index (χ1n) is 10.8. The van der Waals surface area contributed by atoms with Crippen molar-refractivity contribution in [3.63, 3.8) is 0 Å². The zero-order chi connectivity index (χ0) is 22.1. The van der Waals surface area contributed by atoms with Gasteiger partial charge in [-0.05, 0) is 48.6 Å². The highest BCUT2D eigenvalue weighted by molar-refractivity contribution is 5.94. The lowest BCUT2D eigenvalue weighted by atomic mass is 9.99. The molecular formula is C24H30N4O3. The molecule has 3 rings (SSSR count). The number of benzene rings is 2. The van der Waals surface area contributed by atoms with Crippen LogP contribution >= 0.6 is 0 Å². The van der Waals surface area contributed by atoms with E-state index in [9.17, 15) is 14.4 Å². The third kappa shape index (κ3) is 6.57. The highest BCUT2D eigenvalue weighted by atomic mass is 16.2. The Morgan fingerprint density at radius 1 is 0.968 bits per heavy atom. The van der Waals surface area contributed by atoms with E-state index in [4.69, 9.17) is 0 Å². The second-order valence-electron chi connectivity index (χ2n) is 7.61. The van der Waals surface area contributed by atoms with Crippen LogP contribution in [0.25, 0.3) is 0 Å². The van der Waals surface area contributed by atoms with E-state index in [1.54, 1.807) is 18.2 Å². The van der Waals surface area contributed by atoms with Crippen molar-refractivity contribution in [2.24, 2.45) is 0 Å². The van der Waals surface area contributed by atoms with Crippen LogP contribution in [0.3, 0.4) is 0 Å². The molecule has 0 radical (unpaired) electrons. The Kier molecular flexibility index (Phi) is 8.04. The van der Waals surface area contributed by atoms with Gasteiger partial charge in [-0.15, -0.1) is 0 Å². The largest absolute Gasteiger partial charge is 0.352 e. The minimum atomic E-state index is -0.289. The molecule has 0 bridgehead atoms. The standard InChI is InChI=1S/C24H30N4O3/c1-2-25-23(30)20-10-5-7-18(15-20)16-27-24(31)26-13-6-11-22(29)28-14-12-19-8-3-4-9-21(19)17-28/h3-5,7-10,15H,2,6,11-14,16-17H2,1H3,(H,25,30)(H2,26,27,31). The van der Waals surface area contributed by atoms with Gasteiger partial charge in [-0.3, -0.25) is 9.59 Å². The van der Waals surface area contributed by atoms with Gasteiger partial charge < -0.3 is 20.9 Å². The summed E-state index contributed by atoms with van der Waals surface area (Å²) in [7, 11) is 0. The third-order valence-corrected chi connectivity index (χ3v) is 5.32. The van der Waals surface area contributed by atoms with Crippen molar-refractivity contribution in [3.05, 3.63) is 70.8 Å². The maximum atomic E-state index is 12.5. The number of urea groups is 1. The molecule has 0 spiro atoms. The van der Waals surface area contributed by atoms with Crippen LogP contribution in [0.1, 0.15) is 46.8 Å². The van der Waals surface area contributed by atoms with E-state index >= 15 is 0 Å². The fourth-order valence-electron chi connectivity index (χ4n) is 3.64. The fourth-order valence-corrected chi connectivity index (χ4v) is 3.64. The zero-order valence-corrected chi connectivity index (χ0v) is 17.9. The van der Waals surface area contributed by atoms with Crippen LogP contribution in [-0.2, 0) is 24.3 Å². The molecule has 7 heteroatoms. The van der Waals surface area contributed by atoms with E-state index in [1.807, 2.05) is 30.0 Å². The maximum absolute atomic E-state index is 12.5. The van der Waals surface area contributed by atoms with Crippen molar-refractivity contribution in [1.29, 1.82) is 0 Å². The van der Waals surface area contributed by atoms with Gasteiger partial charge in [-0.2, -0.15) is 0 Å². The lowest BCUT2D eigenvalue weighted by Gasteiger charge is -2.29. The van der Waals surface area contributed by atoms with Gasteiger partial charge in [-0.1, -0.05) is 36.4 Å². The van der Waals surface area contributed by atoms with Gasteiger partial charge in [0, 0.05) is 44.7 Å². The van der Waals surface area contributed by atoms with Crippen LogP contribution in [0.15, 0.2) is 48.5 Å². The Morgan fingerprint density at radius 2 is 1.77 bits per heavy atom. The number of carbonyl (C=O) groups is 3. The third-order valence-electron chi connectivity index (χ3n) is 5.32. The van der Waals surface area contributed by atoms with Crippen molar-refractivity contribution in [3.8, 4) is 0 Å². The van der Waals surface area contributed by atoms with Crippen LogP contribution in [0.4, 0.5) is 4.79 Å². The molecule has 4 amide bonds. The summed E-state index contributed by atoms with van der Waals surface area (Å²) in [5.41, 5.74) is 3.96. The highest BCUT2D eigenvalue weighted by Crippen LogP contribution is 2.19. The van der Waals surface area contributed by atoms with E-state index in [0.717, 1.165) is 18.5 Å². The fraction of sp³-hybridized carbons (Fsp3) is 0.375. The molecule has 0 unspecified atom stereocenters. The van der Waals surface area contributed by atoms with E-state index in [2.05, 4.69) is 28.1 Å². The molecule has 0 aromatic heterocycles. The zero-order valence-electron chi connectivity index (χ0n) is 17.9. The second-order valence-corrected chi connectivity index (χ2v) is 7.61. The monoisotopic (exact) mass is 422 g/mol. The molecule has 0 atom stereocenters. The number of hydrogen-bond acceptors (Lipinski definition) is 3. The number of amides is 4. The van der Waals surface area contributed by atoms with Crippen molar-refractivity contribution >= 4 is 17.8 Å². The van der Waals surface area contributed by atoms with E-state index < -0.39 is 0 Å². The van der Waals surface area contributed by atoms with Gasteiger partial charge in [0.1, 0.15) is 0 Å².